The van der Waals surface area contributed by atoms with E-state index in [4.69, 9.17) is 0 Å². The molecule has 2 rings (SSSR count). The first-order valence-electron chi connectivity index (χ1n) is 6.93. The zero-order chi connectivity index (χ0) is 13.2. The van der Waals surface area contributed by atoms with E-state index in [1.165, 1.54) is 0 Å². The molecule has 0 N–H and O–H groups in total. The maximum absolute atomic E-state index is 12.5. The van der Waals surface area contributed by atoms with E-state index in [0.29, 0.717) is 5.92 Å². The van der Waals surface area contributed by atoms with Crippen molar-refractivity contribution in [1.82, 2.24) is 9.80 Å². The second-order valence-corrected chi connectivity index (χ2v) is 6.00. The summed E-state index contributed by atoms with van der Waals surface area (Å²) in [6, 6.07) is 2.29. The first kappa shape index (κ1) is 13.4. The Hall–Kier alpha value is -1.08. The lowest BCUT2D eigenvalue weighted by Gasteiger charge is -2.28. The molecule has 1 heterocycles. The Labute approximate surface area is 110 Å². The van der Waals surface area contributed by atoms with Crippen LogP contribution in [0.15, 0.2) is 0 Å². The molecular formula is C14H23N3O. The Bertz CT molecular complexity index is 355. The Morgan fingerprint density at radius 1 is 1.50 bits per heavy atom. The van der Waals surface area contributed by atoms with Gasteiger partial charge in [-0.25, -0.2) is 0 Å². The fraction of sp³-hybridized carbons (Fsp3) is 0.857. The van der Waals surface area contributed by atoms with Crippen LogP contribution in [0, 0.1) is 22.7 Å². The van der Waals surface area contributed by atoms with Gasteiger partial charge in [0.05, 0.1) is 6.07 Å². The molecule has 1 saturated carbocycles. The molecule has 100 valence electrons. The van der Waals surface area contributed by atoms with Crippen molar-refractivity contribution in [2.24, 2.45) is 11.3 Å². The molecule has 2 fully saturated rings. The van der Waals surface area contributed by atoms with Crippen LogP contribution in [0.4, 0.5) is 0 Å². The minimum Gasteiger partial charge on any atom is -0.344 e. The number of hydrogen-bond acceptors (Lipinski definition) is 3. The second kappa shape index (κ2) is 5.27. The smallest absolute Gasteiger partial charge is 0.242 e. The van der Waals surface area contributed by atoms with Crippen molar-refractivity contribution in [3.63, 3.8) is 0 Å². The first-order chi connectivity index (χ1) is 8.57. The van der Waals surface area contributed by atoms with Crippen molar-refractivity contribution in [3.8, 4) is 6.07 Å². The van der Waals surface area contributed by atoms with Crippen molar-refractivity contribution in [2.45, 2.75) is 32.1 Å². The average Bonchev–Trinajstić information content (AvgIpc) is 2.98. The molecule has 0 spiro atoms. The lowest BCUT2D eigenvalue weighted by atomic mass is 9.86. The summed E-state index contributed by atoms with van der Waals surface area (Å²) in [6.45, 7) is 2.99. The Morgan fingerprint density at radius 2 is 2.17 bits per heavy atom. The Morgan fingerprint density at radius 3 is 2.67 bits per heavy atom. The van der Waals surface area contributed by atoms with Gasteiger partial charge in [0.1, 0.15) is 5.41 Å². The van der Waals surface area contributed by atoms with Crippen molar-refractivity contribution in [3.05, 3.63) is 0 Å². The van der Waals surface area contributed by atoms with E-state index in [0.717, 1.165) is 51.7 Å². The van der Waals surface area contributed by atoms with E-state index in [-0.39, 0.29) is 5.91 Å². The SMILES string of the molecule is CN1CCC(CN(C)C(=O)C2(C#N)CCCC2)C1. The quantitative estimate of drug-likeness (QED) is 0.761. The van der Waals surface area contributed by atoms with Crippen LogP contribution in [0.5, 0.6) is 0 Å². The minimum absolute atomic E-state index is 0.0528. The summed E-state index contributed by atoms with van der Waals surface area (Å²) in [4.78, 5) is 16.6. The number of hydrogen-bond donors (Lipinski definition) is 0. The topological polar surface area (TPSA) is 47.3 Å². The van der Waals surface area contributed by atoms with Gasteiger partial charge in [-0.2, -0.15) is 5.26 Å². The van der Waals surface area contributed by atoms with Gasteiger partial charge >= 0.3 is 0 Å². The molecule has 0 radical (unpaired) electrons. The minimum atomic E-state index is -0.709. The summed E-state index contributed by atoms with van der Waals surface area (Å²) < 4.78 is 0. The summed E-state index contributed by atoms with van der Waals surface area (Å²) in [7, 11) is 3.98. The maximum Gasteiger partial charge on any atom is 0.242 e. The van der Waals surface area contributed by atoms with Gasteiger partial charge in [0.25, 0.3) is 0 Å². The van der Waals surface area contributed by atoms with Crippen LogP contribution in [0.2, 0.25) is 0 Å². The van der Waals surface area contributed by atoms with Crippen LogP contribution in [0.3, 0.4) is 0 Å². The maximum atomic E-state index is 12.5. The number of nitrogens with zero attached hydrogens (tertiary/aromatic N) is 3. The van der Waals surface area contributed by atoms with Gasteiger partial charge in [-0.15, -0.1) is 0 Å². The average molecular weight is 249 g/mol. The lowest BCUT2D eigenvalue weighted by Crippen LogP contribution is -2.42. The number of amides is 1. The highest BCUT2D eigenvalue weighted by molar-refractivity contribution is 5.85. The summed E-state index contributed by atoms with van der Waals surface area (Å²) in [5.74, 6) is 0.623. The standard InChI is InChI=1S/C14H23N3O/c1-16-8-5-12(9-16)10-17(2)13(18)14(11-15)6-3-4-7-14/h12H,3-10H2,1-2H3. The number of rotatable bonds is 3. The molecule has 4 heteroatoms. The molecule has 2 aliphatic rings. The van der Waals surface area contributed by atoms with Crippen molar-refractivity contribution < 1.29 is 4.79 Å². The highest BCUT2D eigenvalue weighted by Gasteiger charge is 2.43. The van der Waals surface area contributed by atoms with Crippen LogP contribution < -0.4 is 0 Å². The van der Waals surface area contributed by atoms with Gasteiger partial charge in [-0.1, -0.05) is 12.8 Å². The van der Waals surface area contributed by atoms with Crippen molar-refractivity contribution in [1.29, 1.82) is 5.26 Å². The van der Waals surface area contributed by atoms with Crippen LogP contribution in [-0.2, 0) is 4.79 Å². The molecule has 4 nitrogen and oxygen atoms in total. The van der Waals surface area contributed by atoms with Gasteiger partial charge in [-0.3, -0.25) is 4.79 Å². The van der Waals surface area contributed by atoms with Crippen molar-refractivity contribution in [2.75, 3.05) is 33.7 Å². The molecule has 1 atom stereocenters. The normalized spacial score (nSPS) is 27.1. The van der Waals surface area contributed by atoms with E-state index < -0.39 is 5.41 Å². The van der Waals surface area contributed by atoms with Crippen LogP contribution in [0.1, 0.15) is 32.1 Å². The van der Waals surface area contributed by atoms with E-state index in [9.17, 15) is 10.1 Å². The fourth-order valence-corrected chi connectivity index (χ4v) is 3.36. The monoisotopic (exact) mass is 249 g/mol. The predicted molar refractivity (Wildman–Crippen MR) is 69.8 cm³/mol. The number of likely N-dealkylation sites (tertiary alicyclic amines) is 1. The van der Waals surface area contributed by atoms with Crippen LogP contribution in [-0.4, -0.2) is 49.4 Å². The predicted octanol–water partition coefficient (Wildman–Crippen LogP) is 1.48. The second-order valence-electron chi connectivity index (χ2n) is 6.00. The third-order valence-electron chi connectivity index (χ3n) is 4.45. The van der Waals surface area contributed by atoms with E-state index in [1.54, 1.807) is 4.90 Å². The largest absolute Gasteiger partial charge is 0.344 e. The molecular weight excluding hydrogens is 226 g/mol. The molecule has 18 heavy (non-hydrogen) atoms. The van der Waals surface area contributed by atoms with Gasteiger partial charge in [0.2, 0.25) is 5.91 Å². The third kappa shape index (κ3) is 2.51. The van der Waals surface area contributed by atoms with Gasteiger partial charge in [0.15, 0.2) is 0 Å². The number of nitriles is 1. The molecule has 1 unspecified atom stereocenters. The van der Waals surface area contributed by atoms with Crippen LogP contribution >= 0.6 is 0 Å². The molecule has 1 saturated heterocycles. The zero-order valence-electron chi connectivity index (χ0n) is 11.5. The first-order valence-corrected chi connectivity index (χ1v) is 6.93. The Kier molecular flexibility index (Phi) is 3.91. The van der Waals surface area contributed by atoms with E-state index in [1.807, 2.05) is 7.05 Å². The summed E-state index contributed by atoms with van der Waals surface area (Å²) >= 11 is 0. The molecule has 0 aromatic rings. The van der Waals surface area contributed by atoms with Gasteiger partial charge < -0.3 is 9.80 Å². The number of carbonyl (C=O) groups excluding carboxylic acids is 1. The van der Waals surface area contributed by atoms with Gasteiger partial charge in [0, 0.05) is 20.1 Å². The highest BCUT2D eigenvalue weighted by atomic mass is 16.2. The molecule has 0 bridgehead atoms. The molecule has 0 aromatic carbocycles. The molecule has 0 aromatic heterocycles. The van der Waals surface area contributed by atoms with E-state index >= 15 is 0 Å². The zero-order valence-corrected chi connectivity index (χ0v) is 11.5. The van der Waals surface area contributed by atoms with Gasteiger partial charge in [-0.05, 0) is 38.8 Å². The summed E-state index contributed by atoms with van der Waals surface area (Å²) in [5.41, 5.74) is -0.709. The Balaban J connectivity index is 1.94. The van der Waals surface area contributed by atoms with E-state index in [2.05, 4.69) is 18.0 Å². The lowest BCUT2D eigenvalue weighted by molar-refractivity contribution is -0.138. The summed E-state index contributed by atoms with van der Waals surface area (Å²) in [5, 5.41) is 9.33. The number of carbonyl (C=O) groups is 1. The van der Waals surface area contributed by atoms with Crippen LogP contribution in [0.25, 0.3) is 0 Å². The third-order valence-corrected chi connectivity index (χ3v) is 4.45. The molecule has 1 aliphatic heterocycles. The highest BCUT2D eigenvalue weighted by Crippen LogP contribution is 2.39. The molecule has 1 aliphatic carbocycles. The molecule has 1 amide bonds. The fourth-order valence-electron chi connectivity index (χ4n) is 3.36. The van der Waals surface area contributed by atoms with Crippen molar-refractivity contribution >= 4 is 5.91 Å². The summed E-state index contributed by atoms with van der Waals surface area (Å²) in [6.07, 6.45) is 4.68.